The van der Waals surface area contributed by atoms with Crippen molar-refractivity contribution < 1.29 is 82.3 Å². The maximum Gasteiger partial charge on any atom is 0.515 e. The molecule has 0 N–H and O–H groups in total. The first-order chi connectivity index (χ1) is 47.0. The number of fused-ring (bicyclic) bond motifs is 8. The van der Waals surface area contributed by atoms with Crippen LogP contribution in [0, 0.1) is 0 Å². The Morgan fingerprint density at radius 2 is 0.330 bits per heavy atom. The molecule has 11 unspecified atom stereocenters. The van der Waals surface area contributed by atoms with Crippen molar-refractivity contribution in [1.29, 1.82) is 0 Å². The van der Waals surface area contributed by atoms with Gasteiger partial charge in [-0.05, 0) is 78.6 Å². The molecular formula is C64H88O20Si16. The van der Waals surface area contributed by atoms with Gasteiger partial charge >= 0.3 is 106 Å². The van der Waals surface area contributed by atoms with Gasteiger partial charge in [0.05, 0.1) is 0 Å². The smallest absolute Gasteiger partial charge is 0.413 e. The Morgan fingerprint density at radius 1 is 0.180 bits per heavy atom. The predicted molar refractivity (Wildman–Crippen MR) is 416 cm³/mol. The van der Waals surface area contributed by atoms with Gasteiger partial charge in [0.15, 0.2) is 33.3 Å². The van der Waals surface area contributed by atoms with Crippen LogP contribution in [0.15, 0.2) is 243 Å². The van der Waals surface area contributed by atoms with Crippen molar-refractivity contribution in [2.24, 2.45) is 0 Å². The average molecular weight is 1630 g/mol. The van der Waals surface area contributed by atoms with E-state index in [-0.39, 0.29) is 0 Å². The minimum atomic E-state index is -5.05. The molecule has 0 spiro atoms. The fourth-order valence-electron chi connectivity index (χ4n) is 12.7. The molecule has 0 aromatic heterocycles. The van der Waals surface area contributed by atoms with Crippen LogP contribution in [0.4, 0.5) is 0 Å². The number of hydrogen-bond donors (Lipinski definition) is 0. The van der Waals surface area contributed by atoms with Gasteiger partial charge in [0, 0.05) is 67.7 Å². The van der Waals surface area contributed by atoms with Crippen LogP contribution in [0.1, 0.15) is 0 Å². The van der Waals surface area contributed by atoms with E-state index in [1.54, 1.807) is 26.2 Å². The molecule has 13 rings (SSSR count). The van der Waals surface area contributed by atoms with Crippen LogP contribution in [0.25, 0.3) is 0 Å². The van der Waals surface area contributed by atoms with Crippen molar-refractivity contribution in [2.45, 2.75) is 105 Å². The summed E-state index contributed by atoms with van der Waals surface area (Å²) in [7, 11) is -69.7. The Balaban J connectivity index is 1.13. The van der Waals surface area contributed by atoms with Gasteiger partial charge in [-0.3, -0.25) is 0 Å². The van der Waals surface area contributed by atoms with Gasteiger partial charge < -0.3 is 82.3 Å². The molecule has 8 aromatic carbocycles. The minimum absolute atomic E-state index is 0.483. The molecule has 5 aliphatic rings. The highest BCUT2D eigenvalue weighted by molar-refractivity contribution is 7.10. The molecule has 5 heterocycles. The predicted octanol–water partition coefficient (Wildman–Crippen LogP) is 8.77. The first-order valence-electron chi connectivity index (χ1n) is 33.5. The quantitative estimate of drug-likeness (QED) is 0.0836. The van der Waals surface area contributed by atoms with E-state index in [0.717, 1.165) is 0 Å². The molecule has 5 saturated heterocycles. The molecule has 5 fully saturated rings. The molecule has 8 aromatic rings. The van der Waals surface area contributed by atoms with E-state index >= 15 is 0 Å². The van der Waals surface area contributed by atoms with Gasteiger partial charge in [-0.1, -0.05) is 243 Å². The molecule has 12 atom stereocenters. The summed E-state index contributed by atoms with van der Waals surface area (Å²) in [5.74, 6) is 0. The highest BCUT2D eigenvalue weighted by Gasteiger charge is 2.82. The molecule has 36 heteroatoms. The number of benzene rings is 8. The summed E-state index contributed by atoms with van der Waals surface area (Å²) < 4.78 is 163. The Kier molecular flexibility index (Phi) is 20.4. The third-order valence-corrected chi connectivity index (χ3v) is 77.4. The fraction of sp³-hybridized carbons (Fsp3) is 0.250. The third kappa shape index (κ3) is 15.8. The van der Waals surface area contributed by atoms with Crippen molar-refractivity contribution in [3.05, 3.63) is 243 Å². The van der Waals surface area contributed by atoms with Gasteiger partial charge in [-0.2, -0.15) is 0 Å². The van der Waals surface area contributed by atoms with Gasteiger partial charge in [-0.25, -0.2) is 0 Å². The van der Waals surface area contributed by atoms with Crippen molar-refractivity contribution >= 4 is 180 Å². The van der Waals surface area contributed by atoms with Crippen molar-refractivity contribution in [3.63, 3.8) is 0 Å². The molecule has 100 heavy (non-hydrogen) atoms. The zero-order valence-corrected chi connectivity index (χ0v) is 75.3. The zero-order valence-electron chi connectivity index (χ0n) is 59.3. The lowest BCUT2D eigenvalue weighted by Gasteiger charge is -2.59. The lowest BCUT2D eigenvalue weighted by molar-refractivity contribution is 0.0171. The second kappa shape index (κ2) is 27.3. The maximum absolute atomic E-state index is 8.40. The summed E-state index contributed by atoms with van der Waals surface area (Å²) in [6, 6.07) is 77.1. The van der Waals surface area contributed by atoms with Gasteiger partial charge in [-0.15, -0.1) is 0 Å². The molecule has 20 nitrogen and oxygen atoms in total. The zero-order chi connectivity index (χ0) is 71.0. The minimum Gasteiger partial charge on any atom is -0.413 e. The molecule has 0 radical (unpaired) electrons. The highest BCUT2D eigenvalue weighted by atomic mass is 28.6. The molecule has 0 saturated carbocycles. The SMILES string of the molecule is C[Si](C)(C)O[Si]1(c2ccccc2)O[Si](O[Si](C)(C)C)(c2ccccc2)O[Si]2(c3ccccc3)O[Si]3(C)O[Si](C)(O[Si]4(C)O[Si](C)(O3)O[Si@@]3(c5ccccc5)O[Si](O[Si](C)(C)C)(c5ccccc5)O[Si](O[Si](C)(C)C)(c5ccccc5)O[Si](c5ccccc5)(O4)O3)O[Si](c3ccccc3)(O1)O2. The summed E-state index contributed by atoms with van der Waals surface area (Å²) in [4.78, 5) is 0. The highest BCUT2D eigenvalue weighted by Crippen LogP contribution is 2.48. The topological polar surface area (TPSA) is 185 Å². The molecule has 0 amide bonds. The van der Waals surface area contributed by atoms with Gasteiger partial charge in [0.25, 0.3) is 0 Å². The fourth-order valence-corrected chi connectivity index (χ4v) is 91.1. The normalized spacial score (nSPS) is 34.4. The van der Waals surface area contributed by atoms with Gasteiger partial charge in [0.2, 0.25) is 0 Å². The Bertz CT molecular complexity index is 3620. The van der Waals surface area contributed by atoms with Crippen LogP contribution in [-0.4, -0.2) is 139 Å². The van der Waals surface area contributed by atoms with Crippen molar-refractivity contribution in [3.8, 4) is 0 Å². The summed E-state index contributed by atoms with van der Waals surface area (Å²) in [5, 5.41) is 4.35. The van der Waals surface area contributed by atoms with Crippen LogP contribution in [0.5, 0.6) is 0 Å². The lowest BCUT2D eigenvalue weighted by atomic mass is 10.4. The molecule has 0 aliphatic carbocycles. The summed E-state index contributed by atoms with van der Waals surface area (Å²) >= 11 is 0. The Labute approximate surface area is 605 Å². The monoisotopic (exact) mass is 1620 g/mol. The second-order valence-corrected chi connectivity index (χ2v) is 83.0. The maximum atomic E-state index is 8.40. The third-order valence-electron chi connectivity index (χ3n) is 15.7. The van der Waals surface area contributed by atoms with E-state index in [2.05, 4.69) is 78.6 Å². The van der Waals surface area contributed by atoms with Crippen LogP contribution < -0.4 is 41.5 Å². The largest absolute Gasteiger partial charge is 0.515 e. The Hall–Kier alpha value is -3.57. The van der Waals surface area contributed by atoms with Gasteiger partial charge in [0.1, 0.15) is 0 Å². The van der Waals surface area contributed by atoms with E-state index in [9.17, 15) is 0 Å². The van der Waals surface area contributed by atoms with Crippen LogP contribution in [0.2, 0.25) is 105 Å². The summed E-state index contributed by atoms with van der Waals surface area (Å²) in [6.07, 6.45) is 0. The lowest BCUT2D eigenvalue weighted by Crippen LogP contribution is -2.89. The Morgan fingerprint density at radius 3 is 0.480 bits per heavy atom. The average Bonchev–Trinajstić information content (AvgIpc) is 0.697. The second-order valence-electron chi connectivity index (χ2n) is 29.3. The molecule has 8 bridgehead atoms. The van der Waals surface area contributed by atoms with Crippen molar-refractivity contribution in [1.82, 2.24) is 0 Å². The van der Waals surface area contributed by atoms with E-state index < -0.39 is 139 Å². The number of rotatable bonds is 16. The van der Waals surface area contributed by atoms with Crippen LogP contribution >= 0.6 is 0 Å². The van der Waals surface area contributed by atoms with Crippen LogP contribution in [0.3, 0.4) is 0 Å². The first-order valence-corrected chi connectivity index (χ1v) is 69.8. The number of hydrogen-bond acceptors (Lipinski definition) is 20. The first kappa shape index (κ1) is 74.7. The molecule has 5 aliphatic heterocycles. The molecule has 528 valence electrons. The van der Waals surface area contributed by atoms with E-state index in [4.69, 9.17) is 82.3 Å². The summed E-state index contributed by atoms with van der Waals surface area (Å²) in [6.45, 7) is 32.2. The van der Waals surface area contributed by atoms with E-state index in [1.807, 2.05) is 243 Å². The van der Waals surface area contributed by atoms with Crippen LogP contribution in [-0.2, 0) is 82.3 Å². The van der Waals surface area contributed by atoms with E-state index in [0.29, 0.717) is 41.5 Å². The standard InChI is InChI=1S/C64H88O20Si16/c1-85(2,3)65-93(57-41-25-17-26-42-57)77-94(66-86(4,5)6,58-43-27-18-28-44-58)80-98(62-51-35-22-36-52-62)74-90(14)69-89(13,73-97(79-93,83-98)61-49-33-21-34-50-61)71-91(15)70-92(16,72-90)76-100(64-55-39-24-40-56-64)82-96(68-88(10,11)12,60-47-31-20-32-48-60)78-95(67-87(7,8)9,59-45-29-19-30-46-59)81-99(75-91,84-100)63-53-37-23-38-54-63/h17-56H,1-16H3/t89?,90?,91?,92?,93?,94?,95?,96?,97-,98?,99?,100?/m0/s1. The van der Waals surface area contributed by atoms with Crippen molar-refractivity contribution in [2.75, 3.05) is 0 Å². The van der Waals surface area contributed by atoms with E-state index in [1.165, 1.54) is 0 Å². The summed E-state index contributed by atoms with van der Waals surface area (Å²) in [5.41, 5.74) is 0. The molecular weight excluding hydrogens is 1540 g/mol.